The van der Waals surface area contributed by atoms with Crippen molar-refractivity contribution < 1.29 is 28.5 Å². The molecule has 8 heteroatoms. The molecule has 0 unspecified atom stereocenters. The first kappa shape index (κ1) is 24.9. The van der Waals surface area contributed by atoms with Crippen molar-refractivity contribution in [2.24, 2.45) is 0 Å². The van der Waals surface area contributed by atoms with Gasteiger partial charge >= 0.3 is 0 Å². The monoisotopic (exact) mass is 490 g/mol. The number of methoxy groups -OCH3 is 3. The van der Waals surface area contributed by atoms with E-state index in [4.69, 9.17) is 18.9 Å². The lowest BCUT2D eigenvalue weighted by Gasteiger charge is -2.23. The normalized spacial score (nSPS) is 14.8. The number of carbonyl (C=O) groups excluding carboxylic acids is 2. The fourth-order valence-electron chi connectivity index (χ4n) is 4.07. The average Bonchev–Trinajstić information content (AvgIpc) is 3.04. The number of fused-ring (bicyclic) bond motifs is 1. The molecule has 0 fully saturated rings. The summed E-state index contributed by atoms with van der Waals surface area (Å²) in [5.41, 5.74) is 2.79. The summed E-state index contributed by atoms with van der Waals surface area (Å²) in [5, 5.41) is 2.92. The van der Waals surface area contributed by atoms with E-state index in [1.54, 1.807) is 42.3 Å². The minimum atomic E-state index is -0.575. The summed E-state index contributed by atoms with van der Waals surface area (Å²) < 4.78 is 21.8. The topological polar surface area (TPSA) is 86.3 Å². The van der Waals surface area contributed by atoms with Crippen molar-refractivity contribution >= 4 is 17.5 Å². The van der Waals surface area contributed by atoms with E-state index in [1.165, 1.54) is 14.2 Å². The smallest absolute Gasteiger partial charge is 0.264 e. The number of rotatable bonds is 8. The molecule has 1 heterocycles. The Morgan fingerprint density at radius 2 is 1.61 bits per heavy atom. The molecule has 0 saturated heterocycles. The number of carbonyl (C=O) groups is 2. The van der Waals surface area contributed by atoms with Crippen LogP contribution in [0.4, 0.5) is 5.69 Å². The van der Waals surface area contributed by atoms with E-state index in [2.05, 4.69) is 5.32 Å². The van der Waals surface area contributed by atoms with Crippen LogP contribution in [0.3, 0.4) is 0 Å². The first-order chi connectivity index (χ1) is 17.4. The molecule has 0 bridgehead atoms. The van der Waals surface area contributed by atoms with Crippen molar-refractivity contribution in [3.05, 3.63) is 77.4 Å². The van der Waals surface area contributed by atoms with Crippen molar-refractivity contribution in [2.75, 3.05) is 26.6 Å². The van der Waals surface area contributed by atoms with Crippen LogP contribution in [0.5, 0.6) is 23.0 Å². The Morgan fingerprint density at radius 3 is 2.22 bits per heavy atom. The largest absolute Gasteiger partial charge is 0.497 e. The SMILES string of the molecule is CC[C@H]1Oc2ccc(NC(=O)c3cc(OC)cc(OC)c3)cc2CN(Cc2ccc(OC)cc2)C1=O. The van der Waals surface area contributed by atoms with Gasteiger partial charge in [0.1, 0.15) is 23.0 Å². The summed E-state index contributed by atoms with van der Waals surface area (Å²) in [4.78, 5) is 28.0. The highest BCUT2D eigenvalue weighted by Crippen LogP contribution is 2.31. The predicted octanol–water partition coefficient (Wildman–Crippen LogP) is 4.66. The van der Waals surface area contributed by atoms with Crippen molar-refractivity contribution in [2.45, 2.75) is 32.5 Å². The van der Waals surface area contributed by atoms with Crippen LogP contribution in [0.2, 0.25) is 0 Å². The molecule has 1 aliphatic rings. The number of hydrogen-bond acceptors (Lipinski definition) is 6. The molecule has 3 aromatic carbocycles. The van der Waals surface area contributed by atoms with Crippen LogP contribution in [0, 0.1) is 0 Å². The average molecular weight is 491 g/mol. The van der Waals surface area contributed by atoms with Gasteiger partial charge in [-0.15, -0.1) is 0 Å². The van der Waals surface area contributed by atoms with E-state index in [-0.39, 0.29) is 11.8 Å². The first-order valence-corrected chi connectivity index (χ1v) is 11.7. The zero-order valence-corrected chi connectivity index (χ0v) is 20.9. The molecule has 1 N–H and O–H groups in total. The van der Waals surface area contributed by atoms with Crippen molar-refractivity contribution in [1.82, 2.24) is 4.90 Å². The molecule has 0 aliphatic carbocycles. The Labute approximate surface area is 210 Å². The molecule has 2 amide bonds. The Bertz CT molecular complexity index is 1220. The fourth-order valence-corrected chi connectivity index (χ4v) is 4.07. The lowest BCUT2D eigenvalue weighted by atomic mass is 10.1. The number of nitrogens with one attached hydrogen (secondary N) is 1. The van der Waals surface area contributed by atoms with Gasteiger partial charge in [-0.05, 0) is 54.4 Å². The van der Waals surface area contributed by atoms with E-state index >= 15 is 0 Å². The molecule has 188 valence electrons. The second kappa shape index (κ2) is 11.0. The summed E-state index contributed by atoms with van der Waals surface area (Å²) in [5.74, 6) is 2.06. The summed E-state index contributed by atoms with van der Waals surface area (Å²) in [7, 11) is 4.69. The summed E-state index contributed by atoms with van der Waals surface area (Å²) in [6, 6.07) is 18.0. The Kier molecular flexibility index (Phi) is 7.63. The third-order valence-corrected chi connectivity index (χ3v) is 6.05. The molecular formula is C28H30N2O6. The molecular weight excluding hydrogens is 460 g/mol. The molecule has 0 saturated carbocycles. The second-order valence-electron chi connectivity index (χ2n) is 8.44. The van der Waals surface area contributed by atoms with Gasteiger partial charge < -0.3 is 29.2 Å². The van der Waals surface area contributed by atoms with Gasteiger partial charge in [0, 0.05) is 36.0 Å². The van der Waals surface area contributed by atoms with Crippen molar-refractivity contribution in [3.63, 3.8) is 0 Å². The van der Waals surface area contributed by atoms with Crippen molar-refractivity contribution in [1.29, 1.82) is 0 Å². The van der Waals surface area contributed by atoms with E-state index in [0.29, 0.717) is 48.0 Å². The standard InChI is InChI=1S/C28H30N2O6/c1-5-25-28(32)30(16-18-6-9-22(33-2)10-7-18)17-20-12-21(8-11-26(20)36-25)29-27(31)19-13-23(34-3)15-24(14-19)35-4/h6-15,25H,5,16-17H2,1-4H3,(H,29,31)/t25-/m1/s1. The van der Waals surface area contributed by atoms with Crippen LogP contribution in [0.25, 0.3) is 0 Å². The van der Waals surface area contributed by atoms with Crippen LogP contribution in [0.1, 0.15) is 34.8 Å². The number of anilines is 1. The molecule has 3 aromatic rings. The lowest BCUT2D eigenvalue weighted by molar-refractivity contribution is -0.139. The highest BCUT2D eigenvalue weighted by molar-refractivity contribution is 6.05. The predicted molar refractivity (Wildman–Crippen MR) is 136 cm³/mol. The molecule has 0 radical (unpaired) electrons. The van der Waals surface area contributed by atoms with E-state index in [1.807, 2.05) is 37.3 Å². The summed E-state index contributed by atoms with van der Waals surface area (Å²) >= 11 is 0. The van der Waals surface area contributed by atoms with Gasteiger partial charge in [-0.25, -0.2) is 0 Å². The molecule has 1 atom stereocenters. The summed E-state index contributed by atoms with van der Waals surface area (Å²) in [6.45, 7) is 2.71. The minimum absolute atomic E-state index is 0.0708. The van der Waals surface area contributed by atoms with Crippen LogP contribution < -0.4 is 24.3 Å². The van der Waals surface area contributed by atoms with Crippen LogP contribution in [0.15, 0.2) is 60.7 Å². The second-order valence-corrected chi connectivity index (χ2v) is 8.44. The number of amides is 2. The van der Waals surface area contributed by atoms with Gasteiger partial charge in [-0.2, -0.15) is 0 Å². The molecule has 0 aromatic heterocycles. The van der Waals surface area contributed by atoms with E-state index in [9.17, 15) is 9.59 Å². The molecule has 1 aliphatic heterocycles. The van der Waals surface area contributed by atoms with Crippen molar-refractivity contribution in [3.8, 4) is 23.0 Å². The maximum absolute atomic E-state index is 13.2. The highest BCUT2D eigenvalue weighted by Gasteiger charge is 2.30. The Hall–Kier alpha value is -4.20. The number of nitrogens with zero attached hydrogens (tertiary/aromatic N) is 1. The molecule has 8 nitrogen and oxygen atoms in total. The molecule has 0 spiro atoms. The highest BCUT2D eigenvalue weighted by atomic mass is 16.5. The maximum Gasteiger partial charge on any atom is 0.264 e. The number of benzene rings is 3. The van der Waals surface area contributed by atoms with Crippen LogP contribution in [-0.4, -0.2) is 44.1 Å². The fraction of sp³-hybridized carbons (Fsp3) is 0.286. The van der Waals surface area contributed by atoms with Crippen LogP contribution >= 0.6 is 0 Å². The summed E-state index contributed by atoms with van der Waals surface area (Å²) in [6.07, 6.45) is -0.0257. The molecule has 36 heavy (non-hydrogen) atoms. The van der Waals surface area contributed by atoms with Gasteiger partial charge in [0.15, 0.2) is 6.10 Å². The van der Waals surface area contributed by atoms with Gasteiger partial charge in [0.25, 0.3) is 11.8 Å². The van der Waals surface area contributed by atoms with Gasteiger partial charge in [-0.1, -0.05) is 19.1 Å². The first-order valence-electron chi connectivity index (χ1n) is 11.7. The van der Waals surface area contributed by atoms with Gasteiger partial charge in [0.05, 0.1) is 21.3 Å². The van der Waals surface area contributed by atoms with Gasteiger partial charge in [-0.3, -0.25) is 9.59 Å². The third kappa shape index (κ3) is 5.54. The quantitative estimate of drug-likeness (QED) is 0.494. The van der Waals surface area contributed by atoms with Crippen LogP contribution in [-0.2, 0) is 17.9 Å². The number of ether oxygens (including phenoxy) is 4. The lowest BCUT2D eigenvalue weighted by Crippen LogP contribution is -2.38. The van der Waals surface area contributed by atoms with Gasteiger partial charge in [0.2, 0.25) is 0 Å². The minimum Gasteiger partial charge on any atom is -0.497 e. The zero-order chi connectivity index (χ0) is 25.7. The molecule has 4 rings (SSSR count). The number of hydrogen-bond donors (Lipinski definition) is 1. The zero-order valence-electron chi connectivity index (χ0n) is 20.9. The van der Waals surface area contributed by atoms with E-state index in [0.717, 1.165) is 16.9 Å². The third-order valence-electron chi connectivity index (χ3n) is 6.05. The van der Waals surface area contributed by atoms with E-state index < -0.39 is 6.10 Å². The maximum atomic E-state index is 13.2. The Balaban J connectivity index is 1.57. The Morgan fingerprint density at radius 1 is 0.944 bits per heavy atom.